The zero-order valence-corrected chi connectivity index (χ0v) is 18.8. The van der Waals surface area contributed by atoms with Gasteiger partial charge in [-0.05, 0) is 42.5 Å². The van der Waals surface area contributed by atoms with E-state index in [1.807, 2.05) is 30.3 Å². The Balaban J connectivity index is 1.42. The van der Waals surface area contributed by atoms with E-state index in [4.69, 9.17) is 14.2 Å². The van der Waals surface area contributed by atoms with Crippen LogP contribution in [0.15, 0.2) is 48.5 Å². The summed E-state index contributed by atoms with van der Waals surface area (Å²) in [5, 5.41) is 4.02. The van der Waals surface area contributed by atoms with Gasteiger partial charge >= 0.3 is 0 Å². The molecule has 33 heavy (non-hydrogen) atoms. The van der Waals surface area contributed by atoms with Crippen molar-refractivity contribution in [2.45, 2.75) is 0 Å². The summed E-state index contributed by atoms with van der Waals surface area (Å²) in [6, 6.07) is 15.5. The first kappa shape index (κ1) is 21.5. The van der Waals surface area contributed by atoms with Crippen LogP contribution < -0.4 is 19.9 Å². The van der Waals surface area contributed by atoms with Gasteiger partial charge in [-0.15, -0.1) is 0 Å². The zero-order valence-electron chi connectivity index (χ0n) is 18.8. The predicted octanol–water partition coefficient (Wildman–Crippen LogP) is 3.17. The van der Waals surface area contributed by atoms with Gasteiger partial charge in [0.15, 0.2) is 0 Å². The minimum absolute atomic E-state index is 0.235. The van der Waals surface area contributed by atoms with Crippen molar-refractivity contribution in [3.8, 4) is 5.75 Å². The number of nitrogens with zero attached hydrogens (tertiary/aromatic N) is 3. The number of carbonyl (C=O) groups excluding carboxylic acids is 1. The van der Waals surface area contributed by atoms with Crippen molar-refractivity contribution in [3.05, 3.63) is 54.2 Å². The van der Waals surface area contributed by atoms with E-state index in [9.17, 15) is 4.79 Å². The molecule has 1 N–H and O–H groups in total. The monoisotopic (exact) mass is 448 g/mol. The first-order valence-electron chi connectivity index (χ1n) is 11.3. The minimum atomic E-state index is -0.235. The molecule has 0 aliphatic carbocycles. The third-order valence-electron chi connectivity index (χ3n) is 6.09. The van der Waals surface area contributed by atoms with Crippen LogP contribution in [0.5, 0.6) is 5.75 Å². The molecule has 0 saturated carbocycles. The second kappa shape index (κ2) is 9.64. The number of hydrogen-bond donors (Lipinski definition) is 1. The van der Waals surface area contributed by atoms with Crippen molar-refractivity contribution in [1.82, 2.24) is 4.98 Å². The lowest BCUT2D eigenvalue weighted by molar-refractivity contribution is 0.102. The number of hydrogen-bond acceptors (Lipinski definition) is 7. The normalized spacial score (nSPS) is 16.6. The highest BCUT2D eigenvalue weighted by Crippen LogP contribution is 2.32. The number of rotatable bonds is 5. The molecule has 2 aliphatic rings. The Hall–Kier alpha value is -3.36. The minimum Gasteiger partial charge on any atom is -0.497 e. The van der Waals surface area contributed by atoms with Crippen molar-refractivity contribution < 1.29 is 19.0 Å². The van der Waals surface area contributed by atoms with Crippen LogP contribution >= 0.6 is 0 Å². The van der Waals surface area contributed by atoms with Crippen molar-refractivity contribution in [1.29, 1.82) is 0 Å². The molecule has 1 amide bonds. The second-order valence-corrected chi connectivity index (χ2v) is 8.11. The smallest absolute Gasteiger partial charge is 0.274 e. The van der Waals surface area contributed by atoms with E-state index in [0.717, 1.165) is 73.1 Å². The van der Waals surface area contributed by atoms with Crippen LogP contribution in [-0.2, 0) is 9.47 Å². The number of benzene rings is 2. The van der Waals surface area contributed by atoms with Gasteiger partial charge in [-0.3, -0.25) is 4.79 Å². The number of amides is 1. The predicted molar refractivity (Wildman–Crippen MR) is 129 cm³/mol. The lowest BCUT2D eigenvalue weighted by atomic mass is 10.1. The average Bonchev–Trinajstić information content (AvgIpc) is 2.89. The van der Waals surface area contributed by atoms with Crippen LogP contribution in [0.2, 0.25) is 0 Å². The molecule has 2 aliphatic heterocycles. The fraction of sp³-hybridized carbons (Fsp3) is 0.360. The first-order valence-corrected chi connectivity index (χ1v) is 11.3. The van der Waals surface area contributed by atoms with E-state index >= 15 is 0 Å². The molecule has 2 saturated heterocycles. The Kier molecular flexibility index (Phi) is 6.28. The molecule has 8 nitrogen and oxygen atoms in total. The zero-order chi connectivity index (χ0) is 22.6. The summed E-state index contributed by atoms with van der Waals surface area (Å²) in [4.78, 5) is 22.3. The average molecular weight is 449 g/mol. The largest absolute Gasteiger partial charge is 0.497 e. The summed E-state index contributed by atoms with van der Waals surface area (Å²) >= 11 is 0. The fourth-order valence-electron chi connectivity index (χ4n) is 4.25. The number of carbonyl (C=O) groups is 1. The van der Waals surface area contributed by atoms with Crippen molar-refractivity contribution >= 4 is 33.9 Å². The maximum Gasteiger partial charge on any atom is 0.274 e. The maximum atomic E-state index is 13.1. The van der Waals surface area contributed by atoms with Gasteiger partial charge in [0.2, 0.25) is 0 Å². The van der Waals surface area contributed by atoms with E-state index in [1.54, 1.807) is 13.2 Å². The number of anilines is 3. The van der Waals surface area contributed by atoms with E-state index in [1.165, 1.54) is 0 Å². The van der Waals surface area contributed by atoms with Crippen LogP contribution in [0, 0.1) is 0 Å². The third kappa shape index (κ3) is 4.72. The van der Waals surface area contributed by atoms with Gasteiger partial charge in [-0.2, -0.15) is 0 Å². The van der Waals surface area contributed by atoms with Gasteiger partial charge < -0.3 is 29.3 Å². The van der Waals surface area contributed by atoms with E-state index < -0.39 is 0 Å². The lowest BCUT2D eigenvalue weighted by Crippen LogP contribution is -2.38. The number of aromatic nitrogens is 1. The van der Waals surface area contributed by atoms with Crippen molar-refractivity contribution in [3.63, 3.8) is 0 Å². The van der Waals surface area contributed by atoms with E-state index in [0.29, 0.717) is 18.9 Å². The summed E-state index contributed by atoms with van der Waals surface area (Å²) < 4.78 is 16.3. The molecule has 1 aromatic heterocycles. The van der Waals surface area contributed by atoms with Crippen LogP contribution in [-0.4, -0.2) is 70.6 Å². The second-order valence-electron chi connectivity index (χ2n) is 8.11. The molecular weight excluding hydrogens is 420 g/mol. The van der Waals surface area contributed by atoms with Crippen LogP contribution in [0.4, 0.5) is 17.1 Å². The molecule has 8 heteroatoms. The number of morpholine rings is 2. The summed E-state index contributed by atoms with van der Waals surface area (Å²) in [5.41, 5.74) is 4.03. The number of pyridine rings is 1. The molecule has 3 heterocycles. The lowest BCUT2D eigenvalue weighted by Gasteiger charge is -2.33. The molecule has 0 atom stereocenters. The molecule has 2 aromatic carbocycles. The van der Waals surface area contributed by atoms with Gasteiger partial charge in [0.1, 0.15) is 11.4 Å². The Labute approximate surface area is 193 Å². The maximum absolute atomic E-state index is 13.1. The fourth-order valence-corrected chi connectivity index (χ4v) is 4.25. The number of nitrogens with one attached hydrogen (secondary N) is 1. The SMILES string of the molecule is COc1ccc2nc(C(=O)Nc3ccc(N4CCOCC4)cc3N3CCOCC3)ccc2c1. The Morgan fingerprint density at radius 1 is 0.909 bits per heavy atom. The van der Waals surface area contributed by atoms with Crippen LogP contribution in [0.3, 0.4) is 0 Å². The van der Waals surface area contributed by atoms with Gasteiger partial charge in [0, 0.05) is 37.3 Å². The number of ether oxygens (including phenoxy) is 3. The summed E-state index contributed by atoms with van der Waals surface area (Å²) in [6.07, 6.45) is 0. The topological polar surface area (TPSA) is 76.2 Å². The van der Waals surface area contributed by atoms with Crippen molar-refractivity contribution in [2.75, 3.05) is 74.8 Å². The quantitative estimate of drug-likeness (QED) is 0.643. The standard InChI is InChI=1S/C25H28N4O4/c1-31-20-4-7-21-18(16-20)2-5-23(26-21)25(30)27-22-6-3-19(28-8-12-32-13-9-28)17-24(22)29-10-14-33-15-11-29/h2-7,16-17H,8-15H2,1H3,(H,27,30). The molecule has 172 valence electrons. The molecule has 0 unspecified atom stereocenters. The highest BCUT2D eigenvalue weighted by atomic mass is 16.5. The summed E-state index contributed by atoms with van der Waals surface area (Å²) in [7, 11) is 1.63. The van der Waals surface area contributed by atoms with Crippen LogP contribution in [0.25, 0.3) is 10.9 Å². The Bertz CT molecular complexity index is 1140. The van der Waals surface area contributed by atoms with Gasteiger partial charge in [-0.1, -0.05) is 6.07 Å². The van der Waals surface area contributed by atoms with Crippen LogP contribution in [0.1, 0.15) is 10.5 Å². The molecular formula is C25H28N4O4. The van der Waals surface area contributed by atoms with Gasteiger partial charge in [0.05, 0.1) is 50.4 Å². The number of methoxy groups -OCH3 is 1. The Morgan fingerprint density at radius 3 is 2.36 bits per heavy atom. The molecule has 2 fully saturated rings. The molecule has 0 radical (unpaired) electrons. The molecule has 0 spiro atoms. The van der Waals surface area contributed by atoms with Gasteiger partial charge in [-0.25, -0.2) is 4.98 Å². The summed E-state index contributed by atoms with van der Waals surface area (Å²) in [5.74, 6) is 0.526. The number of fused-ring (bicyclic) bond motifs is 1. The highest BCUT2D eigenvalue weighted by molar-refractivity contribution is 6.06. The highest BCUT2D eigenvalue weighted by Gasteiger charge is 2.20. The first-order chi connectivity index (χ1) is 16.2. The Morgan fingerprint density at radius 2 is 1.64 bits per heavy atom. The molecule has 5 rings (SSSR count). The van der Waals surface area contributed by atoms with Crippen molar-refractivity contribution in [2.24, 2.45) is 0 Å². The molecule has 0 bridgehead atoms. The molecule has 3 aromatic rings. The third-order valence-corrected chi connectivity index (χ3v) is 6.09. The van der Waals surface area contributed by atoms with E-state index in [-0.39, 0.29) is 5.91 Å². The van der Waals surface area contributed by atoms with E-state index in [2.05, 4.69) is 32.2 Å². The van der Waals surface area contributed by atoms with Gasteiger partial charge in [0.25, 0.3) is 5.91 Å². The summed E-state index contributed by atoms with van der Waals surface area (Å²) in [6.45, 7) is 6.09.